The van der Waals surface area contributed by atoms with Gasteiger partial charge < -0.3 is 5.11 Å². The quantitative estimate of drug-likeness (QED) is 0.886. The van der Waals surface area contributed by atoms with Gasteiger partial charge in [0.25, 0.3) is 0 Å². The molecule has 2 aromatic rings. The first-order chi connectivity index (χ1) is 9.95. The number of halogens is 2. The molecule has 21 heavy (non-hydrogen) atoms. The molecule has 4 nitrogen and oxygen atoms in total. The number of hydrogen-bond acceptors (Lipinski definition) is 3. The van der Waals surface area contributed by atoms with E-state index >= 15 is 0 Å². The molecule has 7 heteroatoms. The summed E-state index contributed by atoms with van der Waals surface area (Å²) < 4.78 is 52.8. The lowest BCUT2D eigenvalue weighted by Gasteiger charge is -2.10. The molecule has 2 rings (SSSR count). The minimum atomic E-state index is -4.18. The van der Waals surface area contributed by atoms with Crippen molar-refractivity contribution in [3.8, 4) is 0 Å². The van der Waals surface area contributed by atoms with E-state index in [2.05, 4.69) is 4.72 Å². The maximum atomic E-state index is 13.5. The van der Waals surface area contributed by atoms with Crippen molar-refractivity contribution in [3.05, 3.63) is 65.2 Å². The van der Waals surface area contributed by atoms with E-state index < -0.39 is 26.6 Å². The molecule has 0 aromatic heterocycles. The Labute approximate surface area is 121 Å². The highest BCUT2D eigenvalue weighted by molar-refractivity contribution is 7.89. The van der Waals surface area contributed by atoms with Crippen molar-refractivity contribution in [2.45, 2.75) is 18.0 Å². The van der Waals surface area contributed by atoms with Gasteiger partial charge in [0.05, 0.1) is 6.61 Å². The summed E-state index contributed by atoms with van der Waals surface area (Å²) in [5.41, 5.74) is 1.11. The average molecular weight is 313 g/mol. The molecular weight excluding hydrogens is 300 g/mol. The fourth-order valence-corrected chi connectivity index (χ4v) is 2.92. The van der Waals surface area contributed by atoms with Gasteiger partial charge >= 0.3 is 0 Å². The van der Waals surface area contributed by atoms with Crippen molar-refractivity contribution < 1.29 is 22.3 Å². The van der Waals surface area contributed by atoms with Crippen molar-refractivity contribution in [2.24, 2.45) is 0 Å². The molecule has 0 saturated carbocycles. The summed E-state index contributed by atoms with van der Waals surface area (Å²) in [6.07, 6.45) is 0. The fraction of sp³-hybridized carbons (Fsp3) is 0.143. The first-order valence-electron chi connectivity index (χ1n) is 6.07. The number of hydrogen-bond donors (Lipinski definition) is 2. The van der Waals surface area contributed by atoms with Gasteiger partial charge in [-0.3, -0.25) is 0 Å². The smallest absolute Gasteiger partial charge is 0.243 e. The van der Waals surface area contributed by atoms with Crippen molar-refractivity contribution in [1.82, 2.24) is 4.72 Å². The summed E-state index contributed by atoms with van der Waals surface area (Å²) in [4.78, 5) is -0.746. The van der Waals surface area contributed by atoms with Crippen LogP contribution in [0, 0.1) is 11.6 Å². The van der Waals surface area contributed by atoms with Crippen LogP contribution in [0.15, 0.2) is 47.4 Å². The SMILES string of the molecule is O=S(=O)(NCc1ccccc1CO)c1cccc(F)c1F. The standard InChI is InChI=1S/C14H13F2NO3S/c15-12-6-3-7-13(14(12)16)21(19,20)17-8-10-4-1-2-5-11(10)9-18/h1-7,17-18H,8-9H2. The van der Waals surface area contributed by atoms with Crippen LogP contribution < -0.4 is 4.72 Å². The molecule has 0 unspecified atom stereocenters. The lowest BCUT2D eigenvalue weighted by atomic mass is 10.1. The number of benzene rings is 2. The van der Waals surface area contributed by atoms with Crippen LogP contribution in [0.2, 0.25) is 0 Å². The fourth-order valence-electron chi connectivity index (χ4n) is 1.83. The predicted molar refractivity (Wildman–Crippen MR) is 72.7 cm³/mol. The number of aliphatic hydroxyl groups excluding tert-OH is 1. The molecule has 2 N–H and O–H groups in total. The second kappa shape index (κ2) is 6.30. The van der Waals surface area contributed by atoms with Crippen molar-refractivity contribution in [2.75, 3.05) is 0 Å². The Bertz CT molecular complexity index is 748. The van der Waals surface area contributed by atoms with Gasteiger partial charge in [0.15, 0.2) is 11.6 Å². The van der Waals surface area contributed by atoms with Crippen LogP contribution in [-0.4, -0.2) is 13.5 Å². The number of aliphatic hydroxyl groups is 1. The highest BCUT2D eigenvalue weighted by Gasteiger charge is 2.21. The van der Waals surface area contributed by atoms with Crippen LogP contribution in [0.1, 0.15) is 11.1 Å². The van der Waals surface area contributed by atoms with E-state index in [0.29, 0.717) is 11.1 Å². The highest BCUT2D eigenvalue weighted by Crippen LogP contribution is 2.17. The first kappa shape index (κ1) is 15.6. The molecule has 2 aromatic carbocycles. The molecular formula is C14H13F2NO3S. The lowest BCUT2D eigenvalue weighted by Crippen LogP contribution is -2.25. The normalized spacial score (nSPS) is 11.6. The molecule has 0 fully saturated rings. The highest BCUT2D eigenvalue weighted by atomic mass is 32.2. The van der Waals surface area contributed by atoms with Gasteiger partial charge in [0.2, 0.25) is 10.0 Å². The monoisotopic (exact) mass is 313 g/mol. The Morgan fingerprint density at radius 3 is 2.33 bits per heavy atom. The zero-order chi connectivity index (χ0) is 15.5. The van der Waals surface area contributed by atoms with Crippen molar-refractivity contribution in [1.29, 1.82) is 0 Å². The van der Waals surface area contributed by atoms with Crippen LogP contribution in [0.25, 0.3) is 0 Å². The third-order valence-electron chi connectivity index (χ3n) is 2.95. The van der Waals surface area contributed by atoms with Gasteiger partial charge in [-0.05, 0) is 23.3 Å². The van der Waals surface area contributed by atoms with E-state index in [-0.39, 0.29) is 13.2 Å². The molecule has 0 spiro atoms. The number of sulfonamides is 1. The Hall–Kier alpha value is -1.83. The molecule has 0 amide bonds. The van der Waals surface area contributed by atoms with Gasteiger partial charge in [-0.2, -0.15) is 0 Å². The van der Waals surface area contributed by atoms with Gasteiger partial charge in [0, 0.05) is 6.54 Å². The van der Waals surface area contributed by atoms with E-state index in [1.54, 1.807) is 24.3 Å². The molecule has 0 atom stereocenters. The Morgan fingerprint density at radius 1 is 1.00 bits per heavy atom. The largest absolute Gasteiger partial charge is 0.392 e. The minimum Gasteiger partial charge on any atom is -0.392 e. The summed E-state index contributed by atoms with van der Waals surface area (Å²) in [7, 11) is -4.18. The average Bonchev–Trinajstić information content (AvgIpc) is 2.48. The Morgan fingerprint density at radius 2 is 1.67 bits per heavy atom. The summed E-state index contributed by atoms with van der Waals surface area (Å²) in [5.74, 6) is -2.64. The third kappa shape index (κ3) is 3.44. The molecule has 0 radical (unpaired) electrons. The predicted octanol–water partition coefficient (Wildman–Crippen LogP) is 1.94. The summed E-state index contributed by atoms with van der Waals surface area (Å²) in [6.45, 7) is -0.374. The van der Waals surface area contributed by atoms with E-state index in [4.69, 9.17) is 5.11 Å². The topological polar surface area (TPSA) is 66.4 Å². The van der Waals surface area contributed by atoms with E-state index in [1.165, 1.54) is 0 Å². The summed E-state index contributed by atoms with van der Waals surface area (Å²) in [5, 5.41) is 9.16. The number of rotatable bonds is 5. The van der Waals surface area contributed by atoms with Gasteiger partial charge in [-0.25, -0.2) is 21.9 Å². The molecule has 0 heterocycles. The lowest BCUT2D eigenvalue weighted by molar-refractivity contribution is 0.280. The zero-order valence-electron chi connectivity index (χ0n) is 10.9. The van der Waals surface area contributed by atoms with Gasteiger partial charge in [-0.15, -0.1) is 0 Å². The molecule has 0 aliphatic heterocycles. The van der Waals surface area contributed by atoms with Crippen LogP contribution in [0.3, 0.4) is 0 Å². The second-order valence-corrected chi connectivity index (χ2v) is 6.04. The van der Waals surface area contributed by atoms with Crippen LogP contribution >= 0.6 is 0 Å². The second-order valence-electron chi connectivity index (χ2n) is 4.30. The molecule has 0 aliphatic rings. The Balaban J connectivity index is 2.24. The summed E-state index contributed by atoms with van der Waals surface area (Å²) >= 11 is 0. The van der Waals surface area contributed by atoms with Crippen LogP contribution in [0.5, 0.6) is 0 Å². The zero-order valence-corrected chi connectivity index (χ0v) is 11.7. The first-order valence-corrected chi connectivity index (χ1v) is 7.55. The Kier molecular flexibility index (Phi) is 4.66. The third-order valence-corrected chi connectivity index (χ3v) is 4.37. The molecule has 112 valence electrons. The minimum absolute atomic E-state index is 0.130. The van der Waals surface area contributed by atoms with Gasteiger partial charge in [0.1, 0.15) is 4.90 Å². The van der Waals surface area contributed by atoms with Crippen LogP contribution in [-0.2, 0) is 23.2 Å². The van der Waals surface area contributed by atoms with Crippen molar-refractivity contribution in [3.63, 3.8) is 0 Å². The number of nitrogens with one attached hydrogen (secondary N) is 1. The maximum Gasteiger partial charge on any atom is 0.243 e. The summed E-state index contributed by atoms with van der Waals surface area (Å²) in [6, 6.07) is 9.62. The van der Waals surface area contributed by atoms with E-state index in [9.17, 15) is 17.2 Å². The van der Waals surface area contributed by atoms with E-state index in [0.717, 1.165) is 18.2 Å². The van der Waals surface area contributed by atoms with Crippen LogP contribution in [0.4, 0.5) is 8.78 Å². The maximum absolute atomic E-state index is 13.5. The molecule has 0 bridgehead atoms. The molecule has 0 aliphatic carbocycles. The van der Waals surface area contributed by atoms with Crippen molar-refractivity contribution >= 4 is 10.0 Å². The van der Waals surface area contributed by atoms with E-state index in [1.807, 2.05) is 0 Å². The molecule has 0 saturated heterocycles. The van der Waals surface area contributed by atoms with Gasteiger partial charge in [-0.1, -0.05) is 30.3 Å².